The van der Waals surface area contributed by atoms with Crippen molar-refractivity contribution in [2.75, 3.05) is 0 Å². The van der Waals surface area contributed by atoms with Gasteiger partial charge in [-0.25, -0.2) is 9.97 Å². The molecule has 3 aromatic rings. The first-order valence-electron chi connectivity index (χ1n) is 5.58. The molecule has 0 aliphatic rings. The van der Waals surface area contributed by atoms with Crippen LogP contribution >= 0.6 is 0 Å². The summed E-state index contributed by atoms with van der Waals surface area (Å²) < 4.78 is 0. The topological polar surface area (TPSA) is 27.0 Å². The molecule has 1 aromatic heterocycles. The lowest BCUT2D eigenvalue weighted by atomic mass is 10.1. The molecule has 1 heterocycles. The molecule has 3 rings (SSSR count). The van der Waals surface area contributed by atoms with E-state index >= 15 is 0 Å². The Kier molecular flexibility index (Phi) is 3.25. The number of hydrogen-bond donors (Lipinski definition) is 0. The Morgan fingerprint density at radius 1 is 1.00 bits per heavy atom. The molecule has 0 unspecified atom stereocenters. The Hall–Kier alpha value is -1.67. The standard InChI is InChI=1S/C14H12N2.ClH/c1-2-10-6-5-9-13-14(10)16-12-8-4-3-7-11(12)15-13;/h3-9H,2H2,1H3;1H. The van der Waals surface area contributed by atoms with Crippen LogP contribution in [0.3, 0.4) is 0 Å². The molecule has 86 valence electrons. The first-order valence-corrected chi connectivity index (χ1v) is 5.58. The van der Waals surface area contributed by atoms with Gasteiger partial charge in [0.15, 0.2) is 0 Å². The number of fused-ring (bicyclic) bond motifs is 2. The second-order valence-corrected chi connectivity index (χ2v) is 3.92. The largest absolute Gasteiger partial charge is 1.00 e. The van der Waals surface area contributed by atoms with Crippen LogP contribution in [0.5, 0.6) is 0 Å². The number of benzene rings is 2. The summed E-state index contributed by atoms with van der Waals surface area (Å²) in [5.41, 5.74) is 5.62. The van der Waals surface area contributed by atoms with Gasteiger partial charge in [0, 0.05) is 11.6 Å². The van der Waals surface area contributed by atoms with Crippen molar-refractivity contribution in [3.05, 3.63) is 48.0 Å². The molecule has 0 radical (unpaired) electrons. The van der Waals surface area contributed by atoms with Gasteiger partial charge in [-0.2, -0.15) is 0 Å². The van der Waals surface area contributed by atoms with Gasteiger partial charge in [-0.05, 0) is 18.6 Å². The molecule has 17 heavy (non-hydrogen) atoms. The Morgan fingerprint density at radius 3 is 2.59 bits per heavy atom. The summed E-state index contributed by atoms with van der Waals surface area (Å²) in [6.07, 6.45) is 1.02. The third kappa shape index (κ3) is 1.96. The quantitative estimate of drug-likeness (QED) is 0.544. The minimum Gasteiger partial charge on any atom is -1.00 e. The lowest BCUT2D eigenvalue weighted by Gasteiger charge is -1.99. The summed E-state index contributed by atoms with van der Waals surface area (Å²) >= 11 is 0. The third-order valence-electron chi connectivity index (χ3n) is 2.91. The monoisotopic (exact) mass is 244 g/mol. The van der Waals surface area contributed by atoms with Crippen molar-refractivity contribution in [1.82, 2.24) is 4.98 Å². The summed E-state index contributed by atoms with van der Waals surface area (Å²) in [6, 6.07) is 14.4. The van der Waals surface area contributed by atoms with Crippen molar-refractivity contribution < 1.29 is 17.4 Å². The number of hydrogen-bond acceptors (Lipinski definition) is 1. The summed E-state index contributed by atoms with van der Waals surface area (Å²) in [5.74, 6) is 0. The molecular weight excluding hydrogens is 232 g/mol. The number of para-hydroxylation sites is 3. The molecular formula is C14H13ClN2. The Morgan fingerprint density at radius 2 is 1.76 bits per heavy atom. The highest BCUT2D eigenvalue weighted by Crippen LogP contribution is 2.15. The molecule has 3 heteroatoms. The van der Waals surface area contributed by atoms with Crippen molar-refractivity contribution in [2.45, 2.75) is 13.3 Å². The average Bonchev–Trinajstić information content (AvgIpc) is 2.35. The first-order chi connectivity index (χ1) is 7.88. The Labute approximate surface area is 106 Å². The van der Waals surface area contributed by atoms with Crippen molar-refractivity contribution in [3.8, 4) is 0 Å². The normalized spacial score (nSPS) is 10.4. The fraction of sp³-hybridized carbons (Fsp3) is 0.143. The lowest BCUT2D eigenvalue weighted by molar-refractivity contribution is -0.311. The maximum absolute atomic E-state index is 4.66. The highest BCUT2D eigenvalue weighted by atomic mass is 35.5. The van der Waals surface area contributed by atoms with Crippen LogP contribution in [0, 0.1) is 0 Å². The highest BCUT2D eigenvalue weighted by Gasteiger charge is 2.09. The van der Waals surface area contributed by atoms with Crippen molar-refractivity contribution in [1.29, 1.82) is 0 Å². The van der Waals surface area contributed by atoms with Crippen LogP contribution < -0.4 is 17.4 Å². The van der Waals surface area contributed by atoms with Crippen LogP contribution in [0.15, 0.2) is 42.5 Å². The second-order valence-electron chi connectivity index (χ2n) is 3.92. The maximum atomic E-state index is 4.66. The summed E-state index contributed by atoms with van der Waals surface area (Å²) in [4.78, 5) is 8.12. The van der Waals surface area contributed by atoms with Gasteiger partial charge in [-0.1, -0.05) is 31.2 Å². The van der Waals surface area contributed by atoms with Crippen molar-refractivity contribution in [2.24, 2.45) is 0 Å². The number of nitrogens with zero attached hydrogens (tertiary/aromatic N) is 1. The molecule has 2 aromatic carbocycles. The second kappa shape index (κ2) is 4.68. The van der Waals surface area contributed by atoms with Gasteiger partial charge in [0.2, 0.25) is 11.0 Å². The lowest BCUT2D eigenvalue weighted by Crippen LogP contribution is -3.00. The molecule has 0 saturated heterocycles. The molecule has 1 N–H and O–H groups in total. The van der Waals surface area contributed by atoms with E-state index in [-0.39, 0.29) is 12.4 Å². The van der Waals surface area contributed by atoms with Gasteiger partial charge in [0.05, 0.1) is 0 Å². The fourth-order valence-corrected chi connectivity index (χ4v) is 2.06. The molecule has 0 spiro atoms. The van der Waals surface area contributed by atoms with Crippen LogP contribution in [-0.2, 0) is 6.42 Å². The van der Waals surface area contributed by atoms with E-state index in [0.717, 1.165) is 28.5 Å². The van der Waals surface area contributed by atoms with Crippen molar-refractivity contribution >= 4 is 22.1 Å². The minimum atomic E-state index is 0. The predicted molar refractivity (Wildman–Crippen MR) is 65.2 cm³/mol. The number of aryl methyl sites for hydroxylation is 1. The van der Waals surface area contributed by atoms with Crippen LogP contribution in [0.25, 0.3) is 22.1 Å². The number of aromatic amines is 1. The van der Waals surface area contributed by atoms with E-state index in [1.165, 1.54) is 5.56 Å². The van der Waals surface area contributed by atoms with Crippen molar-refractivity contribution in [3.63, 3.8) is 0 Å². The number of halogens is 1. The SMILES string of the molecule is CCc1cccc2nc3ccccc3[nH+]c12.[Cl-]. The van der Waals surface area contributed by atoms with E-state index < -0.39 is 0 Å². The molecule has 0 atom stereocenters. The first kappa shape index (κ1) is 11.8. The minimum absolute atomic E-state index is 0. The van der Waals surface area contributed by atoms with E-state index in [1.54, 1.807) is 0 Å². The third-order valence-corrected chi connectivity index (χ3v) is 2.91. The van der Waals surface area contributed by atoms with Crippen LogP contribution in [0.4, 0.5) is 0 Å². The van der Waals surface area contributed by atoms with E-state index in [4.69, 9.17) is 0 Å². The summed E-state index contributed by atoms with van der Waals surface area (Å²) in [6.45, 7) is 2.16. The van der Waals surface area contributed by atoms with Crippen LogP contribution in [0.1, 0.15) is 12.5 Å². The smallest absolute Gasteiger partial charge is 0.233 e. The Balaban J connectivity index is 0.00000108. The molecule has 0 fully saturated rings. The number of nitrogens with one attached hydrogen (secondary N) is 1. The highest BCUT2D eigenvalue weighted by molar-refractivity contribution is 5.82. The van der Waals surface area contributed by atoms with Gasteiger partial charge in [-0.3, -0.25) is 0 Å². The zero-order valence-electron chi connectivity index (χ0n) is 9.57. The van der Waals surface area contributed by atoms with Gasteiger partial charge < -0.3 is 12.4 Å². The zero-order valence-corrected chi connectivity index (χ0v) is 10.3. The summed E-state index contributed by atoms with van der Waals surface area (Å²) in [7, 11) is 0. The van der Waals surface area contributed by atoms with E-state index in [9.17, 15) is 0 Å². The number of H-pyrrole nitrogens is 1. The van der Waals surface area contributed by atoms with Crippen LogP contribution in [0.2, 0.25) is 0 Å². The predicted octanol–water partition coefficient (Wildman–Crippen LogP) is -0.232. The van der Waals surface area contributed by atoms with Gasteiger partial charge in [0.1, 0.15) is 11.0 Å². The Bertz CT molecular complexity index is 664. The molecule has 0 bridgehead atoms. The molecule has 2 nitrogen and oxygen atoms in total. The molecule has 0 aliphatic heterocycles. The maximum Gasteiger partial charge on any atom is 0.233 e. The number of aromatic nitrogens is 2. The average molecular weight is 245 g/mol. The zero-order chi connectivity index (χ0) is 11.0. The van der Waals surface area contributed by atoms with Gasteiger partial charge >= 0.3 is 0 Å². The van der Waals surface area contributed by atoms with Crippen LogP contribution in [-0.4, -0.2) is 4.98 Å². The summed E-state index contributed by atoms with van der Waals surface area (Å²) in [5, 5.41) is 0. The molecule has 0 saturated carbocycles. The number of rotatable bonds is 1. The van der Waals surface area contributed by atoms with E-state index in [2.05, 4.69) is 41.2 Å². The molecule has 0 amide bonds. The van der Waals surface area contributed by atoms with Gasteiger partial charge in [-0.15, -0.1) is 0 Å². The van der Waals surface area contributed by atoms with E-state index in [1.807, 2.05) is 18.2 Å². The van der Waals surface area contributed by atoms with Gasteiger partial charge in [0.25, 0.3) is 0 Å². The van der Waals surface area contributed by atoms with E-state index in [0.29, 0.717) is 0 Å². The fourth-order valence-electron chi connectivity index (χ4n) is 2.06. The molecule has 0 aliphatic carbocycles.